The summed E-state index contributed by atoms with van der Waals surface area (Å²) in [6.07, 6.45) is 0. The van der Waals surface area contributed by atoms with Gasteiger partial charge in [-0.25, -0.2) is 0 Å². The van der Waals surface area contributed by atoms with Gasteiger partial charge < -0.3 is 9.30 Å². The van der Waals surface area contributed by atoms with Crippen molar-refractivity contribution >= 4 is 51.3 Å². The summed E-state index contributed by atoms with van der Waals surface area (Å²) in [6, 6.07) is 5.56. The van der Waals surface area contributed by atoms with Crippen LogP contribution in [0.4, 0.5) is 0 Å². The number of para-hydroxylation sites is 1. The van der Waals surface area contributed by atoms with E-state index in [1.807, 2.05) is 12.1 Å². The average molecular weight is 274 g/mol. The fourth-order valence-electron chi connectivity index (χ4n) is 1.42. The largest absolute Gasteiger partial charge is 0.468 e. The average Bonchev–Trinajstić information content (AvgIpc) is 2.56. The number of esters is 1. The molecular formula is C10H8ClNO2S2. The van der Waals surface area contributed by atoms with E-state index in [1.165, 1.54) is 18.4 Å². The molecule has 0 aliphatic rings. The van der Waals surface area contributed by atoms with E-state index in [2.05, 4.69) is 4.74 Å². The molecular weight excluding hydrogens is 266 g/mol. The van der Waals surface area contributed by atoms with E-state index in [0.29, 0.717) is 8.98 Å². The van der Waals surface area contributed by atoms with Crippen LogP contribution in [-0.2, 0) is 16.1 Å². The third kappa shape index (κ3) is 1.98. The van der Waals surface area contributed by atoms with Gasteiger partial charge in [-0.2, -0.15) is 0 Å². The number of fused-ring (bicyclic) bond motifs is 1. The molecule has 0 saturated heterocycles. The van der Waals surface area contributed by atoms with Crippen LogP contribution in [0.3, 0.4) is 0 Å². The minimum atomic E-state index is -0.337. The van der Waals surface area contributed by atoms with Gasteiger partial charge in [0.25, 0.3) is 0 Å². The number of carbonyl (C=O) groups is 1. The number of nitrogens with zero attached hydrogens (tertiary/aromatic N) is 1. The van der Waals surface area contributed by atoms with Crippen molar-refractivity contribution < 1.29 is 9.53 Å². The number of methoxy groups -OCH3 is 1. The minimum absolute atomic E-state index is 0.0963. The third-order valence-electron chi connectivity index (χ3n) is 2.15. The molecule has 0 fully saturated rings. The van der Waals surface area contributed by atoms with Gasteiger partial charge in [0.05, 0.1) is 22.3 Å². The summed E-state index contributed by atoms with van der Waals surface area (Å²) in [5.41, 5.74) is 0.796. The van der Waals surface area contributed by atoms with E-state index in [4.69, 9.17) is 23.8 Å². The van der Waals surface area contributed by atoms with Crippen LogP contribution in [0.5, 0.6) is 0 Å². The number of ether oxygens (including phenoxy) is 1. The molecule has 0 unspecified atom stereocenters. The lowest BCUT2D eigenvalue weighted by Crippen LogP contribution is -2.11. The summed E-state index contributed by atoms with van der Waals surface area (Å²) in [5.74, 6) is -0.337. The smallest absolute Gasteiger partial charge is 0.325 e. The summed E-state index contributed by atoms with van der Waals surface area (Å²) >= 11 is 12.7. The zero-order chi connectivity index (χ0) is 11.7. The number of benzene rings is 1. The monoisotopic (exact) mass is 273 g/mol. The molecule has 84 valence electrons. The van der Waals surface area contributed by atoms with Crippen LogP contribution in [-0.4, -0.2) is 17.6 Å². The zero-order valence-corrected chi connectivity index (χ0v) is 10.8. The van der Waals surface area contributed by atoms with E-state index in [0.717, 1.165) is 10.2 Å². The number of hydrogen-bond donors (Lipinski definition) is 0. The molecule has 6 heteroatoms. The summed E-state index contributed by atoms with van der Waals surface area (Å²) in [4.78, 5) is 11.3. The molecule has 0 N–H and O–H groups in total. The second-order valence-corrected chi connectivity index (χ2v) is 5.20. The topological polar surface area (TPSA) is 31.2 Å². The van der Waals surface area contributed by atoms with Gasteiger partial charge in [0.1, 0.15) is 6.54 Å². The van der Waals surface area contributed by atoms with Gasteiger partial charge in [0.2, 0.25) is 0 Å². The second kappa shape index (κ2) is 4.53. The van der Waals surface area contributed by atoms with Crippen LogP contribution in [0.25, 0.3) is 10.2 Å². The Morgan fingerprint density at radius 2 is 2.38 bits per heavy atom. The second-order valence-electron chi connectivity index (χ2n) is 3.12. The SMILES string of the molecule is COC(=O)Cn1c(=S)sc2cccc(Cl)c21. The fourth-order valence-corrected chi connectivity index (χ4v) is 3.09. The van der Waals surface area contributed by atoms with Crippen molar-refractivity contribution in [3.63, 3.8) is 0 Å². The van der Waals surface area contributed by atoms with Gasteiger partial charge in [-0.05, 0) is 24.4 Å². The van der Waals surface area contributed by atoms with E-state index in [-0.39, 0.29) is 12.5 Å². The first-order valence-corrected chi connectivity index (χ1v) is 6.08. The Bertz CT molecular complexity index is 602. The number of carbonyl (C=O) groups excluding carboxylic acids is 1. The standard InChI is InChI=1S/C10H8ClNO2S2/c1-14-8(13)5-12-9-6(11)3-2-4-7(9)16-10(12)15/h2-4H,5H2,1H3. The molecule has 1 aromatic carbocycles. The fraction of sp³-hybridized carbons (Fsp3) is 0.200. The molecule has 3 nitrogen and oxygen atoms in total. The quantitative estimate of drug-likeness (QED) is 0.622. The van der Waals surface area contributed by atoms with Crippen LogP contribution in [0.15, 0.2) is 18.2 Å². The number of halogens is 1. The predicted octanol–water partition coefficient (Wildman–Crippen LogP) is 3.26. The van der Waals surface area contributed by atoms with Gasteiger partial charge >= 0.3 is 5.97 Å². The summed E-state index contributed by atoms with van der Waals surface area (Å²) in [7, 11) is 1.35. The van der Waals surface area contributed by atoms with E-state index in [9.17, 15) is 4.79 Å². The Morgan fingerprint density at radius 3 is 3.06 bits per heavy atom. The summed E-state index contributed by atoms with van der Waals surface area (Å²) in [6.45, 7) is 0.0963. The van der Waals surface area contributed by atoms with Gasteiger partial charge in [0, 0.05) is 0 Å². The first-order valence-electron chi connectivity index (χ1n) is 4.48. The van der Waals surface area contributed by atoms with Crippen molar-refractivity contribution in [3.8, 4) is 0 Å². The zero-order valence-electron chi connectivity index (χ0n) is 8.40. The lowest BCUT2D eigenvalue weighted by atomic mass is 10.3. The minimum Gasteiger partial charge on any atom is -0.468 e. The Labute approximate surface area is 106 Å². The Morgan fingerprint density at radius 1 is 1.62 bits per heavy atom. The maximum absolute atomic E-state index is 11.3. The highest BCUT2D eigenvalue weighted by Crippen LogP contribution is 2.29. The molecule has 0 radical (unpaired) electrons. The van der Waals surface area contributed by atoms with E-state index >= 15 is 0 Å². The lowest BCUT2D eigenvalue weighted by molar-refractivity contribution is -0.141. The molecule has 1 heterocycles. The number of thiazole rings is 1. The van der Waals surface area contributed by atoms with E-state index in [1.54, 1.807) is 10.6 Å². The van der Waals surface area contributed by atoms with Gasteiger partial charge in [-0.1, -0.05) is 17.7 Å². The van der Waals surface area contributed by atoms with Gasteiger partial charge in [0.15, 0.2) is 3.95 Å². The molecule has 1 aromatic heterocycles. The molecule has 2 rings (SSSR count). The normalized spacial score (nSPS) is 10.6. The molecule has 0 saturated carbocycles. The highest BCUT2D eigenvalue weighted by atomic mass is 35.5. The molecule has 0 bridgehead atoms. The molecule has 16 heavy (non-hydrogen) atoms. The van der Waals surface area contributed by atoms with Crippen LogP contribution in [0.1, 0.15) is 0 Å². The molecule has 2 aromatic rings. The van der Waals surface area contributed by atoms with Gasteiger partial charge in [-0.15, -0.1) is 11.3 Å². The maximum atomic E-state index is 11.3. The van der Waals surface area contributed by atoms with Crippen LogP contribution < -0.4 is 0 Å². The highest BCUT2D eigenvalue weighted by Gasteiger charge is 2.11. The molecule has 0 aliphatic carbocycles. The maximum Gasteiger partial charge on any atom is 0.325 e. The number of hydrogen-bond acceptors (Lipinski definition) is 4. The first kappa shape index (κ1) is 11.6. The van der Waals surface area contributed by atoms with Crippen molar-refractivity contribution in [1.29, 1.82) is 0 Å². The third-order valence-corrected chi connectivity index (χ3v) is 3.87. The molecule has 0 atom stereocenters. The van der Waals surface area contributed by atoms with Crippen LogP contribution in [0.2, 0.25) is 5.02 Å². The number of aromatic nitrogens is 1. The van der Waals surface area contributed by atoms with Gasteiger partial charge in [-0.3, -0.25) is 4.79 Å². The Balaban J connectivity index is 2.64. The Kier molecular flexibility index (Phi) is 3.28. The van der Waals surface area contributed by atoms with Crippen molar-refractivity contribution in [2.45, 2.75) is 6.54 Å². The van der Waals surface area contributed by atoms with Crippen molar-refractivity contribution in [2.24, 2.45) is 0 Å². The van der Waals surface area contributed by atoms with Crippen molar-refractivity contribution in [1.82, 2.24) is 4.57 Å². The Hall–Kier alpha value is -0.910. The van der Waals surface area contributed by atoms with Crippen LogP contribution in [0, 0.1) is 3.95 Å². The summed E-state index contributed by atoms with van der Waals surface area (Å²) in [5, 5.41) is 0.591. The van der Waals surface area contributed by atoms with Crippen molar-refractivity contribution in [3.05, 3.63) is 27.2 Å². The predicted molar refractivity (Wildman–Crippen MR) is 67.7 cm³/mol. The first-order chi connectivity index (χ1) is 7.63. The molecule has 0 aliphatic heterocycles. The van der Waals surface area contributed by atoms with E-state index < -0.39 is 0 Å². The van der Waals surface area contributed by atoms with Crippen molar-refractivity contribution in [2.75, 3.05) is 7.11 Å². The van der Waals surface area contributed by atoms with Crippen LogP contribution >= 0.6 is 35.2 Å². The summed E-state index contributed by atoms with van der Waals surface area (Å²) < 4.78 is 7.91. The number of rotatable bonds is 2. The molecule has 0 spiro atoms. The highest BCUT2D eigenvalue weighted by molar-refractivity contribution is 7.73. The molecule has 0 amide bonds. The lowest BCUT2D eigenvalue weighted by Gasteiger charge is -2.03.